The summed E-state index contributed by atoms with van der Waals surface area (Å²) in [6.45, 7) is 7.10. The van der Waals surface area contributed by atoms with Crippen molar-refractivity contribution in [3.63, 3.8) is 0 Å². The van der Waals surface area contributed by atoms with Gasteiger partial charge in [0.05, 0.1) is 18.9 Å². The summed E-state index contributed by atoms with van der Waals surface area (Å²) in [6.07, 6.45) is 4.67. The standard InChI is InChI=1S/C21H31N5O2S/c1-4-12-22-19(27)15-29-21-24-23-20(16(2)25-13-6-5-7-14-25)26(21)17-8-10-18(28-3)11-9-17/h8-11,16H,4-7,12-15H2,1-3H3,(H,22,27)/t16-/m1/s1. The highest BCUT2D eigenvalue weighted by molar-refractivity contribution is 7.99. The molecule has 1 aliphatic rings. The van der Waals surface area contributed by atoms with Crippen LogP contribution in [0.25, 0.3) is 5.69 Å². The van der Waals surface area contributed by atoms with Crippen molar-refractivity contribution in [2.45, 2.75) is 50.7 Å². The van der Waals surface area contributed by atoms with Gasteiger partial charge in [0.25, 0.3) is 0 Å². The Hall–Kier alpha value is -2.06. The first-order valence-electron chi connectivity index (χ1n) is 10.4. The molecule has 2 heterocycles. The fraction of sp³-hybridized carbons (Fsp3) is 0.571. The van der Waals surface area contributed by atoms with Gasteiger partial charge in [-0.25, -0.2) is 0 Å². The molecule has 0 unspecified atom stereocenters. The number of ether oxygens (including phenoxy) is 1. The molecule has 1 amide bonds. The predicted molar refractivity (Wildman–Crippen MR) is 116 cm³/mol. The Morgan fingerprint density at radius 1 is 1.21 bits per heavy atom. The molecule has 3 rings (SSSR count). The van der Waals surface area contributed by atoms with E-state index in [4.69, 9.17) is 4.74 Å². The number of methoxy groups -OCH3 is 1. The van der Waals surface area contributed by atoms with Crippen LogP contribution in [0.4, 0.5) is 0 Å². The van der Waals surface area contributed by atoms with Crippen molar-refractivity contribution in [2.24, 2.45) is 0 Å². The molecule has 1 atom stereocenters. The number of nitrogens with zero attached hydrogens (tertiary/aromatic N) is 4. The SMILES string of the molecule is CCCNC(=O)CSc1nnc([C@@H](C)N2CCCCC2)n1-c1ccc(OC)cc1. The molecule has 1 fully saturated rings. The number of likely N-dealkylation sites (tertiary alicyclic amines) is 1. The number of benzene rings is 1. The van der Waals surface area contributed by atoms with Gasteiger partial charge in [0.15, 0.2) is 11.0 Å². The predicted octanol–water partition coefficient (Wildman–Crippen LogP) is 3.44. The molecule has 7 nitrogen and oxygen atoms in total. The van der Waals surface area contributed by atoms with Crippen molar-refractivity contribution in [3.05, 3.63) is 30.1 Å². The molecular formula is C21H31N5O2S. The van der Waals surface area contributed by atoms with E-state index in [2.05, 4.69) is 31.9 Å². The van der Waals surface area contributed by atoms with E-state index in [0.29, 0.717) is 12.3 Å². The molecule has 158 valence electrons. The number of piperidine rings is 1. The highest BCUT2D eigenvalue weighted by Crippen LogP contribution is 2.30. The molecule has 0 spiro atoms. The van der Waals surface area contributed by atoms with Crippen molar-refractivity contribution in [1.82, 2.24) is 25.0 Å². The maximum atomic E-state index is 12.1. The van der Waals surface area contributed by atoms with E-state index in [1.165, 1.54) is 31.0 Å². The van der Waals surface area contributed by atoms with Gasteiger partial charge in [0.2, 0.25) is 5.91 Å². The Morgan fingerprint density at radius 2 is 1.93 bits per heavy atom. The van der Waals surface area contributed by atoms with Gasteiger partial charge in [-0.05, 0) is 63.5 Å². The molecule has 2 aromatic rings. The number of thioether (sulfide) groups is 1. The van der Waals surface area contributed by atoms with Gasteiger partial charge in [-0.3, -0.25) is 14.3 Å². The van der Waals surface area contributed by atoms with Gasteiger partial charge in [-0.2, -0.15) is 0 Å². The smallest absolute Gasteiger partial charge is 0.230 e. The molecule has 0 bridgehead atoms. The van der Waals surface area contributed by atoms with Crippen LogP contribution < -0.4 is 10.1 Å². The van der Waals surface area contributed by atoms with E-state index in [1.807, 2.05) is 31.2 Å². The van der Waals surface area contributed by atoms with Crippen molar-refractivity contribution < 1.29 is 9.53 Å². The van der Waals surface area contributed by atoms with Crippen LogP contribution in [0.5, 0.6) is 5.75 Å². The van der Waals surface area contributed by atoms with Gasteiger partial charge >= 0.3 is 0 Å². The lowest BCUT2D eigenvalue weighted by Gasteiger charge is -2.31. The quantitative estimate of drug-likeness (QED) is 0.630. The van der Waals surface area contributed by atoms with E-state index in [-0.39, 0.29) is 11.9 Å². The molecule has 1 aliphatic heterocycles. The molecule has 0 saturated carbocycles. The average Bonchev–Trinajstić information content (AvgIpc) is 3.20. The minimum atomic E-state index is 0.0201. The zero-order chi connectivity index (χ0) is 20.6. The summed E-state index contributed by atoms with van der Waals surface area (Å²) in [4.78, 5) is 14.5. The van der Waals surface area contributed by atoms with Crippen LogP contribution in [0.3, 0.4) is 0 Å². The van der Waals surface area contributed by atoms with Crippen molar-refractivity contribution in [2.75, 3.05) is 32.5 Å². The fourth-order valence-corrected chi connectivity index (χ4v) is 4.32. The number of rotatable bonds is 9. The Kier molecular flexibility index (Phi) is 7.94. The number of hydrogen-bond donors (Lipinski definition) is 1. The van der Waals surface area contributed by atoms with Gasteiger partial charge in [-0.15, -0.1) is 10.2 Å². The minimum absolute atomic E-state index is 0.0201. The van der Waals surface area contributed by atoms with Crippen molar-refractivity contribution in [1.29, 1.82) is 0 Å². The fourth-order valence-electron chi connectivity index (χ4n) is 3.53. The monoisotopic (exact) mass is 417 g/mol. The normalized spacial score (nSPS) is 15.8. The van der Waals surface area contributed by atoms with E-state index in [0.717, 1.165) is 41.9 Å². The number of amides is 1. The van der Waals surface area contributed by atoms with E-state index in [1.54, 1.807) is 7.11 Å². The first-order valence-corrected chi connectivity index (χ1v) is 11.4. The van der Waals surface area contributed by atoms with Crippen LogP contribution in [0.1, 0.15) is 51.4 Å². The summed E-state index contributed by atoms with van der Waals surface area (Å²) in [5, 5.41) is 12.6. The van der Waals surface area contributed by atoms with E-state index in [9.17, 15) is 4.79 Å². The summed E-state index contributed by atoms with van der Waals surface area (Å²) in [6, 6.07) is 8.06. The minimum Gasteiger partial charge on any atom is -0.497 e. The lowest BCUT2D eigenvalue weighted by molar-refractivity contribution is -0.118. The molecule has 0 radical (unpaired) electrons. The topological polar surface area (TPSA) is 72.3 Å². The van der Waals surface area contributed by atoms with Gasteiger partial charge in [0.1, 0.15) is 5.75 Å². The van der Waals surface area contributed by atoms with Gasteiger partial charge < -0.3 is 10.1 Å². The highest BCUT2D eigenvalue weighted by atomic mass is 32.2. The largest absolute Gasteiger partial charge is 0.497 e. The van der Waals surface area contributed by atoms with Crippen LogP contribution >= 0.6 is 11.8 Å². The summed E-state index contributed by atoms with van der Waals surface area (Å²) < 4.78 is 7.38. The molecule has 1 aromatic heterocycles. The van der Waals surface area contributed by atoms with Gasteiger partial charge in [-0.1, -0.05) is 25.1 Å². The highest BCUT2D eigenvalue weighted by Gasteiger charge is 2.25. The third kappa shape index (κ3) is 5.51. The van der Waals surface area contributed by atoms with E-state index >= 15 is 0 Å². The number of carbonyl (C=O) groups is 1. The third-order valence-corrected chi connectivity index (χ3v) is 6.13. The second-order valence-corrected chi connectivity index (χ2v) is 8.23. The lowest BCUT2D eigenvalue weighted by Crippen LogP contribution is -2.33. The van der Waals surface area contributed by atoms with Crippen LogP contribution in [0.15, 0.2) is 29.4 Å². The third-order valence-electron chi connectivity index (χ3n) is 5.21. The number of aromatic nitrogens is 3. The molecular weight excluding hydrogens is 386 g/mol. The summed E-state index contributed by atoms with van der Waals surface area (Å²) in [7, 11) is 1.66. The Balaban J connectivity index is 1.86. The number of carbonyl (C=O) groups excluding carboxylic acids is 1. The lowest BCUT2D eigenvalue weighted by atomic mass is 10.1. The Labute approximate surface area is 177 Å². The molecule has 8 heteroatoms. The molecule has 0 aliphatic carbocycles. The Morgan fingerprint density at radius 3 is 2.59 bits per heavy atom. The summed E-state index contributed by atoms with van der Waals surface area (Å²) in [5.74, 6) is 2.06. The molecule has 1 N–H and O–H groups in total. The summed E-state index contributed by atoms with van der Waals surface area (Å²) >= 11 is 1.42. The van der Waals surface area contributed by atoms with Crippen molar-refractivity contribution >= 4 is 17.7 Å². The molecule has 1 aromatic carbocycles. The average molecular weight is 418 g/mol. The number of nitrogens with one attached hydrogen (secondary N) is 1. The van der Waals surface area contributed by atoms with Crippen LogP contribution in [0.2, 0.25) is 0 Å². The van der Waals surface area contributed by atoms with Crippen LogP contribution in [-0.2, 0) is 4.79 Å². The zero-order valence-electron chi connectivity index (χ0n) is 17.6. The molecule has 1 saturated heterocycles. The second kappa shape index (κ2) is 10.6. The first kappa shape index (κ1) is 21.6. The molecule has 29 heavy (non-hydrogen) atoms. The Bertz CT molecular complexity index is 787. The van der Waals surface area contributed by atoms with E-state index < -0.39 is 0 Å². The zero-order valence-corrected chi connectivity index (χ0v) is 18.4. The van der Waals surface area contributed by atoms with Crippen molar-refractivity contribution in [3.8, 4) is 11.4 Å². The maximum absolute atomic E-state index is 12.1. The second-order valence-electron chi connectivity index (χ2n) is 7.29. The first-order chi connectivity index (χ1) is 14.1. The summed E-state index contributed by atoms with van der Waals surface area (Å²) in [5.41, 5.74) is 0.978. The number of hydrogen-bond acceptors (Lipinski definition) is 6. The van der Waals surface area contributed by atoms with Crippen LogP contribution in [-0.4, -0.2) is 58.1 Å². The van der Waals surface area contributed by atoms with Crippen LogP contribution in [0, 0.1) is 0 Å². The van der Waals surface area contributed by atoms with Gasteiger partial charge in [0, 0.05) is 12.2 Å². The maximum Gasteiger partial charge on any atom is 0.230 e.